The molecule has 0 aliphatic carbocycles. The molecule has 1 aromatic heterocycles. The molecule has 0 bridgehead atoms. The molecule has 9 heteroatoms. The summed E-state index contributed by atoms with van der Waals surface area (Å²) in [5.74, 6) is -1.33. The first-order valence-corrected chi connectivity index (χ1v) is 12.5. The number of hydrogen-bond acceptors (Lipinski definition) is 4. The van der Waals surface area contributed by atoms with Crippen LogP contribution in [0.1, 0.15) is 11.1 Å². The molecule has 0 saturated heterocycles. The monoisotopic (exact) mass is 492 g/mol. The summed E-state index contributed by atoms with van der Waals surface area (Å²) in [4.78, 5) is 14.3. The van der Waals surface area contributed by atoms with Gasteiger partial charge in [-0.15, -0.1) is 0 Å². The highest BCUT2D eigenvalue weighted by Crippen LogP contribution is 2.16. The predicted octanol–water partition coefficient (Wildman–Crippen LogP) is 3.56. The summed E-state index contributed by atoms with van der Waals surface area (Å²) in [6.07, 6.45) is 3.59. The standard InChI is InChI=1S/C26H25FN4O3S/c1-30(18-21-17-28-31(19-21)22-12-6-3-7-13-22)26(32)24(16-20-10-4-2-5-11-20)29-35(33,34)25-15-9-8-14-23(25)27/h2-15,17,19,24,29H,16,18H2,1H3/t24-/m0/s1. The molecular weight excluding hydrogens is 467 g/mol. The fourth-order valence-corrected chi connectivity index (χ4v) is 4.99. The van der Waals surface area contributed by atoms with E-state index in [9.17, 15) is 17.6 Å². The molecule has 1 N–H and O–H groups in total. The Kier molecular flexibility index (Phi) is 7.38. The Hall–Kier alpha value is -3.82. The van der Waals surface area contributed by atoms with Crippen LogP contribution >= 0.6 is 0 Å². The van der Waals surface area contributed by atoms with E-state index in [0.717, 1.165) is 22.9 Å². The molecule has 35 heavy (non-hydrogen) atoms. The summed E-state index contributed by atoms with van der Waals surface area (Å²) in [5, 5.41) is 4.35. The first-order chi connectivity index (χ1) is 16.8. The molecule has 1 heterocycles. The Bertz CT molecular complexity index is 1390. The van der Waals surface area contributed by atoms with Crippen molar-refractivity contribution in [2.45, 2.75) is 23.9 Å². The van der Waals surface area contributed by atoms with Gasteiger partial charge in [0.25, 0.3) is 0 Å². The van der Waals surface area contributed by atoms with Crippen molar-refractivity contribution in [3.63, 3.8) is 0 Å². The lowest BCUT2D eigenvalue weighted by Crippen LogP contribution is -2.48. The minimum absolute atomic E-state index is 0.112. The Morgan fingerprint density at radius 3 is 2.29 bits per heavy atom. The number of likely N-dealkylation sites (N-methyl/N-ethyl adjacent to an activating group) is 1. The highest BCUT2D eigenvalue weighted by molar-refractivity contribution is 7.89. The Balaban J connectivity index is 1.55. The second kappa shape index (κ2) is 10.6. The lowest BCUT2D eigenvalue weighted by Gasteiger charge is -2.24. The van der Waals surface area contributed by atoms with Crippen LogP contribution in [0.5, 0.6) is 0 Å². The van der Waals surface area contributed by atoms with Crippen molar-refractivity contribution in [3.8, 4) is 5.69 Å². The number of amides is 1. The minimum atomic E-state index is -4.28. The summed E-state index contributed by atoms with van der Waals surface area (Å²) in [6, 6.07) is 22.6. The number of benzene rings is 3. The number of nitrogens with one attached hydrogen (secondary N) is 1. The Morgan fingerprint density at radius 2 is 1.60 bits per heavy atom. The van der Waals surface area contributed by atoms with Crippen LogP contribution in [-0.4, -0.2) is 42.1 Å². The number of nitrogens with zero attached hydrogens (tertiary/aromatic N) is 3. The van der Waals surface area contributed by atoms with Crippen LogP contribution in [0.2, 0.25) is 0 Å². The molecular formula is C26H25FN4O3S. The van der Waals surface area contributed by atoms with Crippen LogP contribution in [0.4, 0.5) is 4.39 Å². The van der Waals surface area contributed by atoms with Crippen molar-refractivity contribution >= 4 is 15.9 Å². The minimum Gasteiger partial charge on any atom is -0.340 e. The van der Waals surface area contributed by atoms with Crippen molar-refractivity contribution in [1.29, 1.82) is 0 Å². The van der Waals surface area contributed by atoms with Gasteiger partial charge in [-0.05, 0) is 36.2 Å². The van der Waals surface area contributed by atoms with Crippen LogP contribution in [-0.2, 0) is 27.8 Å². The van der Waals surface area contributed by atoms with E-state index in [-0.39, 0.29) is 13.0 Å². The molecule has 7 nitrogen and oxygen atoms in total. The van der Waals surface area contributed by atoms with Gasteiger partial charge in [0.1, 0.15) is 16.8 Å². The second-order valence-electron chi connectivity index (χ2n) is 8.12. The number of halogens is 1. The molecule has 0 fully saturated rings. The molecule has 0 aliphatic rings. The van der Waals surface area contributed by atoms with Gasteiger partial charge in [-0.25, -0.2) is 17.5 Å². The van der Waals surface area contributed by atoms with Crippen molar-refractivity contribution in [2.24, 2.45) is 0 Å². The van der Waals surface area contributed by atoms with E-state index in [1.807, 2.05) is 66.9 Å². The second-order valence-corrected chi connectivity index (χ2v) is 9.80. The van der Waals surface area contributed by atoms with Crippen molar-refractivity contribution < 1.29 is 17.6 Å². The van der Waals surface area contributed by atoms with E-state index in [0.29, 0.717) is 0 Å². The summed E-state index contributed by atoms with van der Waals surface area (Å²) in [5.41, 5.74) is 2.43. The maximum absolute atomic E-state index is 14.2. The van der Waals surface area contributed by atoms with Gasteiger partial charge >= 0.3 is 0 Å². The third-order valence-electron chi connectivity index (χ3n) is 5.46. The number of carbonyl (C=O) groups excluding carboxylic acids is 1. The lowest BCUT2D eigenvalue weighted by molar-refractivity contribution is -0.132. The average Bonchev–Trinajstić information content (AvgIpc) is 3.33. The average molecular weight is 493 g/mol. The molecule has 0 aliphatic heterocycles. The SMILES string of the molecule is CN(Cc1cnn(-c2ccccc2)c1)C(=O)[C@H](Cc1ccccc1)NS(=O)(=O)c1ccccc1F. The quantitative estimate of drug-likeness (QED) is 0.387. The van der Waals surface area contributed by atoms with Crippen LogP contribution in [0.15, 0.2) is 102 Å². The number of rotatable bonds is 9. The maximum Gasteiger partial charge on any atom is 0.244 e. The van der Waals surface area contributed by atoms with Gasteiger partial charge in [-0.3, -0.25) is 4.79 Å². The topological polar surface area (TPSA) is 84.3 Å². The number of hydrogen-bond donors (Lipinski definition) is 1. The zero-order valence-electron chi connectivity index (χ0n) is 19.1. The molecule has 180 valence electrons. The van der Waals surface area contributed by atoms with E-state index in [1.165, 1.54) is 23.1 Å². The van der Waals surface area contributed by atoms with Gasteiger partial charge in [0.2, 0.25) is 15.9 Å². The zero-order valence-corrected chi connectivity index (χ0v) is 19.9. The van der Waals surface area contributed by atoms with Crippen LogP contribution in [0.3, 0.4) is 0 Å². The third kappa shape index (κ3) is 6.00. The number of aromatic nitrogens is 2. The normalized spacial score (nSPS) is 12.3. The third-order valence-corrected chi connectivity index (χ3v) is 6.96. The molecule has 0 unspecified atom stereocenters. The Morgan fingerprint density at radius 1 is 0.971 bits per heavy atom. The summed E-state index contributed by atoms with van der Waals surface area (Å²) in [7, 11) is -2.69. The van der Waals surface area contributed by atoms with E-state index in [2.05, 4.69) is 9.82 Å². The van der Waals surface area contributed by atoms with Crippen LogP contribution < -0.4 is 4.72 Å². The Labute approximate surface area is 203 Å². The number of sulfonamides is 1. The van der Waals surface area contributed by atoms with Crippen LogP contribution in [0.25, 0.3) is 5.69 Å². The highest BCUT2D eigenvalue weighted by atomic mass is 32.2. The summed E-state index contributed by atoms with van der Waals surface area (Å²) >= 11 is 0. The zero-order chi connectivity index (χ0) is 24.8. The molecule has 0 saturated carbocycles. The number of carbonyl (C=O) groups is 1. The lowest BCUT2D eigenvalue weighted by atomic mass is 10.1. The molecule has 1 atom stereocenters. The number of para-hydroxylation sites is 1. The largest absolute Gasteiger partial charge is 0.340 e. The van der Waals surface area contributed by atoms with Crippen LogP contribution in [0, 0.1) is 5.82 Å². The van der Waals surface area contributed by atoms with E-state index in [1.54, 1.807) is 17.9 Å². The summed E-state index contributed by atoms with van der Waals surface area (Å²) in [6.45, 7) is 0.221. The van der Waals surface area contributed by atoms with Gasteiger partial charge in [0.15, 0.2) is 0 Å². The fourth-order valence-electron chi connectivity index (χ4n) is 3.72. The van der Waals surface area contributed by atoms with Gasteiger partial charge in [0.05, 0.1) is 11.9 Å². The molecule has 4 aromatic rings. The molecule has 0 spiro atoms. The predicted molar refractivity (Wildman–Crippen MR) is 131 cm³/mol. The first-order valence-electron chi connectivity index (χ1n) is 11.0. The molecule has 1 amide bonds. The fraction of sp³-hybridized carbons (Fsp3) is 0.154. The highest BCUT2D eigenvalue weighted by Gasteiger charge is 2.30. The van der Waals surface area contributed by atoms with Crippen molar-refractivity contribution in [2.75, 3.05) is 7.05 Å². The molecule has 0 radical (unpaired) electrons. The molecule has 4 rings (SSSR count). The van der Waals surface area contributed by atoms with E-state index < -0.39 is 32.7 Å². The molecule has 3 aromatic carbocycles. The van der Waals surface area contributed by atoms with E-state index in [4.69, 9.17) is 0 Å². The summed E-state index contributed by atoms with van der Waals surface area (Å²) < 4.78 is 44.3. The van der Waals surface area contributed by atoms with Gasteiger partial charge in [0, 0.05) is 25.4 Å². The van der Waals surface area contributed by atoms with Gasteiger partial charge < -0.3 is 4.90 Å². The smallest absolute Gasteiger partial charge is 0.244 e. The maximum atomic E-state index is 14.2. The van der Waals surface area contributed by atoms with Gasteiger partial charge in [-0.1, -0.05) is 60.7 Å². The van der Waals surface area contributed by atoms with Crippen molar-refractivity contribution in [1.82, 2.24) is 19.4 Å². The van der Waals surface area contributed by atoms with Gasteiger partial charge in [-0.2, -0.15) is 9.82 Å². The van der Waals surface area contributed by atoms with Crippen molar-refractivity contribution in [3.05, 3.63) is 114 Å². The van der Waals surface area contributed by atoms with E-state index >= 15 is 0 Å². The first kappa shape index (κ1) is 24.3.